The first kappa shape index (κ1) is 32.3. The highest BCUT2D eigenvalue weighted by Gasteiger charge is 2.25. The van der Waals surface area contributed by atoms with Crippen LogP contribution >= 0.6 is 0 Å². The lowest BCUT2D eigenvalue weighted by Gasteiger charge is -2.17. The molecule has 0 unspecified atom stereocenters. The highest BCUT2D eigenvalue weighted by Crippen LogP contribution is 2.44. The predicted octanol–water partition coefficient (Wildman–Crippen LogP) is 8.94. The molecule has 224 valence electrons. The number of ether oxygens (including phenoxy) is 1. The summed E-state index contributed by atoms with van der Waals surface area (Å²) in [7, 11) is 1.49. The Morgan fingerprint density at radius 3 is 1.95 bits per heavy atom. The molecular weight excluding hydrogens is 528 g/mol. The van der Waals surface area contributed by atoms with Gasteiger partial charge in [0, 0.05) is 11.6 Å². The van der Waals surface area contributed by atoms with Gasteiger partial charge in [0.05, 0.1) is 23.8 Å². The van der Waals surface area contributed by atoms with Crippen LogP contribution in [0.25, 0.3) is 34.4 Å². The second-order valence-corrected chi connectivity index (χ2v) is 11.8. The number of allylic oxidation sites excluding steroid dienone is 6. The Morgan fingerprint density at radius 2 is 1.40 bits per heavy atom. The van der Waals surface area contributed by atoms with Gasteiger partial charge >= 0.3 is 0 Å². The number of fused-ring (bicyclic) bond motifs is 1. The van der Waals surface area contributed by atoms with Crippen LogP contribution in [0, 0.1) is 11.8 Å². The van der Waals surface area contributed by atoms with E-state index < -0.39 is 5.43 Å². The molecule has 0 aliphatic carbocycles. The zero-order valence-electron chi connectivity index (χ0n) is 26.3. The lowest BCUT2D eigenvalue weighted by atomic mass is 9.93. The third-order valence-corrected chi connectivity index (χ3v) is 6.85. The first-order chi connectivity index (χ1) is 19.8. The second-order valence-electron chi connectivity index (χ2n) is 11.8. The van der Waals surface area contributed by atoms with E-state index in [0.717, 1.165) is 11.1 Å². The van der Waals surface area contributed by atoms with Gasteiger partial charge in [-0.2, -0.15) is 0 Å². The van der Waals surface area contributed by atoms with Crippen molar-refractivity contribution in [2.45, 2.75) is 68.2 Å². The van der Waals surface area contributed by atoms with Crippen molar-refractivity contribution in [2.75, 3.05) is 7.11 Å². The fourth-order valence-electron chi connectivity index (χ4n) is 4.52. The van der Waals surface area contributed by atoms with Crippen LogP contribution in [0.5, 0.6) is 23.0 Å². The van der Waals surface area contributed by atoms with E-state index in [1.54, 1.807) is 24.3 Å². The number of aromatic hydroxyl groups is 3. The molecule has 0 saturated carbocycles. The van der Waals surface area contributed by atoms with E-state index in [-0.39, 0.29) is 68.9 Å². The minimum Gasteiger partial charge on any atom is -0.507 e. The van der Waals surface area contributed by atoms with Crippen molar-refractivity contribution < 1.29 is 24.5 Å². The molecule has 0 spiro atoms. The maximum absolute atomic E-state index is 14.2. The summed E-state index contributed by atoms with van der Waals surface area (Å²) in [6.45, 7) is 15.9. The lowest BCUT2D eigenvalue weighted by molar-refractivity contribution is 0.406. The van der Waals surface area contributed by atoms with Gasteiger partial charge in [0.1, 0.15) is 39.7 Å². The van der Waals surface area contributed by atoms with Gasteiger partial charge in [-0.1, -0.05) is 75.3 Å². The molecule has 6 heteroatoms. The summed E-state index contributed by atoms with van der Waals surface area (Å²) in [6.07, 6.45) is 11.8. The van der Waals surface area contributed by atoms with E-state index >= 15 is 0 Å². The fourth-order valence-corrected chi connectivity index (χ4v) is 4.52. The van der Waals surface area contributed by atoms with E-state index in [4.69, 9.17) is 9.15 Å². The Kier molecular flexibility index (Phi) is 10.5. The van der Waals surface area contributed by atoms with Crippen LogP contribution in [-0.2, 0) is 12.8 Å². The highest BCUT2D eigenvalue weighted by atomic mass is 16.5. The quantitative estimate of drug-likeness (QED) is 0.210. The lowest BCUT2D eigenvalue weighted by Crippen LogP contribution is -2.12. The number of hydrogen-bond donors (Lipinski definition) is 3. The molecule has 0 bridgehead atoms. The standard InChI is InChI=1S/C36H44O6/c1-20(2)10-14-24-18-28(33(38)26(32(24)37)16-12-22(5)6)36-27(17-13-23(7)8)35(40)31-30(42-36)19-29(41-9)25(34(31)39)15-11-21(3)4/h10-13,15-16,18-19,21-22,37-39H,14,17H2,1-9H3/b15-11+,16-12+. The zero-order chi connectivity index (χ0) is 31.3. The van der Waals surface area contributed by atoms with Crippen molar-refractivity contribution in [3.63, 3.8) is 0 Å². The number of benzene rings is 2. The van der Waals surface area contributed by atoms with Crippen LogP contribution < -0.4 is 10.2 Å². The average molecular weight is 573 g/mol. The van der Waals surface area contributed by atoms with Crippen LogP contribution in [0.1, 0.15) is 77.6 Å². The molecule has 42 heavy (non-hydrogen) atoms. The van der Waals surface area contributed by atoms with Gasteiger partial charge in [0.15, 0.2) is 0 Å². The second kappa shape index (κ2) is 13.6. The molecule has 1 aromatic heterocycles. The summed E-state index contributed by atoms with van der Waals surface area (Å²) in [5, 5.41) is 34.1. The SMILES string of the molecule is COc1cc2oc(-c3cc(CC=C(C)C)c(O)c(/C=C/C(C)C)c3O)c(CC=C(C)C)c(=O)c2c(O)c1/C=C/C(C)C. The molecular formula is C36H44O6. The zero-order valence-corrected chi connectivity index (χ0v) is 26.3. The number of rotatable bonds is 10. The Labute approximate surface area is 249 Å². The van der Waals surface area contributed by atoms with Crippen molar-refractivity contribution in [1.29, 1.82) is 0 Å². The normalized spacial score (nSPS) is 11.8. The van der Waals surface area contributed by atoms with Gasteiger partial charge in [-0.3, -0.25) is 4.79 Å². The molecule has 3 rings (SSSR count). The van der Waals surface area contributed by atoms with Crippen molar-refractivity contribution in [3.8, 4) is 34.3 Å². The number of hydrogen-bond acceptors (Lipinski definition) is 6. The summed E-state index contributed by atoms with van der Waals surface area (Å²) in [5.74, 6) is 0.470. The van der Waals surface area contributed by atoms with Crippen molar-refractivity contribution in [3.05, 3.63) is 80.1 Å². The molecule has 1 heterocycles. The summed E-state index contributed by atoms with van der Waals surface area (Å²) >= 11 is 0. The molecule has 0 amide bonds. The smallest absolute Gasteiger partial charge is 0.200 e. The monoisotopic (exact) mass is 572 g/mol. The van der Waals surface area contributed by atoms with E-state index in [9.17, 15) is 20.1 Å². The third-order valence-electron chi connectivity index (χ3n) is 6.85. The molecule has 6 nitrogen and oxygen atoms in total. The maximum Gasteiger partial charge on any atom is 0.200 e. The molecule has 0 fully saturated rings. The van der Waals surface area contributed by atoms with Crippen LogP contribution in [0.4, 0.5) is 0 Å². The number of methoxy groups -OCH3 is 1. The van der Waals surface area contributed by atoms with E-state index in [0.29, 0.717) is 23.3 Å². The molecule has 0 aliphatic rings. The first-order valence-electron chi connectivity index (χ1n) is 14.4. The Morgan fingerprint density at radius 1 is 0.833 bits per heavy atom. The minimum absolute atomic E-state index is 0.0273. The fraction of sp³-hybridized carbons (Fsp3) is 0.361. The topological polar surface area (TPSA) is 100 Å². The minimum atomic E-state index is -0.402. The average Bonchev–Trinajstić information content (AvgIpc) is 2.90. The summed E-state index contributed by atoms with van der Waals surface area (Å²) < 4.78 is 12.0. The summed E-state index contributed by atoms with van der Waals surface area (Å²) in [6, 6.07) is 3.26. The summed E-state index contributed by atoms with van der Waals surface area (Å²) in [5.41, 5.74) is 3.61. The van der Waals surface area contributed by atoms with Gasteiger partial charge < -0.3 is 24.5 Å². The molecule has 0 radical (unpaired) electrons. The highest BCUT2D eigenvalue weighted by molar-refractivity contribution is 5.93. The van der Waals surface area contributed by atoms with E-state index in [1.807, 2.05) is 79.7 Å². The molecule has 0 aliphatic heterocycles. The van der Waals surface area contributed by atoms with E-state index in [2.05, 4.69) is 0 Å². The number of phenolic OH excluding ortho intramolecular Hbond substituents is 3. The Balaban J connectivity index is 2.51. The third kappa shape index (κ3) is 7.17. The van der Waals surface area contributed by atoms with E-state index in [1.165, 1.54) is 7.11 Å². The van der Waals surface area contributed by atoms with Gasteiger partial charge in [-0.25, -0.2) is 0 Å². The van der Waals surface area contributed by atoms with Crippen molar-refractivity contribution in [2.24, 2.45) is 11.8 Å². The largest absolute Gasteiger partial charge is 0.507 e. The van der Waals surface area contributed by atoms with Gasteiger partial charge in [-0.05, 0) is 64.0 Å². The van der Waals surface area contributed by atoms with Crippen molar-refractivity contribution >= 4 is 23.1 Å². The van der Waals surface area contributed by atoms with Crippen molar-refractivity contribution in [1.82, 2.24) is 0 Å². The first-order valence-corrected chi connectivity index (χ1v) is 14.4. The van der Waals surface area contributed by atoms with Crippen LogP contribution in [0.2, 0.25) is 0 Å². The van der Waals surface area contributed by atoms with Gasteiger partial charge in [0.25, 0.3) is 0 Å². The van der Waals surface area contributed by atoms with Crippen LogP contribution in [-0.4, -0.2) is 22.4 Å². The molecule has 3 aromatic rings. The molecule has 2 aromatic carbocycles. The van der Waals surface area contributed by atoms with Crippen LogP contribution in [0.3, 0.4) is 0 Å². The molecule has 0 atom stereocenters. The van der Waals surface area contributed by atoms with Crippen LogP contribution in [0.15, 0.2) is 56.8 Å². The Bertz CT molecular complexity index is 1640. The Hall–Kier alpha value is -4.19. The number of phenols is 3. The summed E-state index contributed by atoms with van der Waals surface area (Å²) in [4.78, 5) is 14.2. The molecule has 0 saturated heterocycles. The van der Waals surface area contributed by atoms with Gasteiger partial charge in [-0.15, -0.1) is 0 Å². The van der Waals surface area contributed by atoms with Gasteiger partial charge in [0.2, 0.25) is 5.43 Å². The predicted molar refractivity (Wildman–Crippen MR) is 173 cm³/mol. The maximum atomic E-state index is 14.2. The molecule has 3 N–H and O–H groups in total.